The molecule has 3 aromatic heterocycles. The Morgan fingerprint density at radius 3 is 2.61 bits per heavy atom. The number of aromatic nitrogens is 2. The van der Waals surface area contributed by atoms with Gasteiger partial charge in [0.15, 0.2) is 0 Å². The van der Waals surface area contributed by atoms with Crippen molar-refractivity contribution in [3.8, 4) is 22.4 Å². The molecule has 0 aliphatic carbocycles. The molecule has 3 nitrogen and oxygen atoms in total. The molecule has 0 unspecified atom stereocenters. The molecule has 5 rings (SSSR count). The van der Waals surface area contributed by atoms with Crippen molar-refractivity contribution in [2.24, 2.45) is 0 Å². The second kappa shape index (κ2) is 6.27. The SMILES string of the molecule is Cc1ccc2c(n1)oc1c(-c3ncccc3-c3cccc(F)c3)c(C)ccc12. The molecule has 0 saturated heterocycles. The van der Waals surface area contributed by atoms with Gasteiger partial charge in [0.25, 0.3) is 0 Å². The number of rotatable bonds is 2. The number of hydrogen-bond donors (Lipinski definition) is 0. The van der Waals surface area contributed by atoms with Crippen molar-refractivity contribution < 1.29 is 8.81 Å². The first-order valence-electron chi connectivity index (χ1n) is 9.12. The summed E-state index contributed by atoms with van der Waals surface area (Å²) >= 11 is 0. The standard InChI is InChI=1S/C24H17FN2O/c1-14-8-10-19-20-11-9-15(2)27-24(20)28-23(19)21(14)22-18(7-4-12-26-22)16-5-3-6-17(25)13-16/h3-13H,1-2H3. The van der Waals surface area contributed by atoms with Crippen molar-refractivity contribution in [1.29, 1.82) is 0 Å². The quantitative estimate of drug-likeness (QED) is 0.359. The molecule has 0 amide bonds. The van der Waals surface area contributed by atoms with Crippen LogP contribution >= 0.6 is 0 Å². The van der Waals surface area contributed by atoms with E-state index in [0.717, 1.165) is 50.0 Å². The third kappa shape index (κ3) is 2.57. The molecule has 2 aromatic carbocycles. The normalized spacial score (nSPS) is 11.4. The predicted molar refractivity (Wildman–Crippen MR) is 110 cm³/mol. The highest BCUT2D eigenvalue weighted by molar-refractivity contribution is 6.10. The van der Waals surface area contributed by atoms with Gasteiger partial charge >= 0.3 is 0 Å². The van der Waals surface area contributed by atoms with Gasteiger partial charge in [0, 0.05) is 33.8 Å². The second-order valence-corrected chi connectivity index (χ2v) is 6.95. The molecule has 0 bridgehead atoms. The molecule has 0 aliphatic heterocycles. The average molecular weight is 368 g/mol. The summed E-state index contributed by atoms with van der Waals surface area (Å²) < 4.78 is 20.0. The largest absolute Gasteiger partial charge is 0.437 e. The summed E-state index contributed by atoms with van der Waals surface area (Å²) in [5, 5.41) is 1.98. The van der Waals surface area contributed by atoms with E-state index in [0.29, 0.717) is 5.71 Å². The van der Waals surface area contributed by atoms with E-state index in [-0.39, 0.29) is 5.82 Å². The lowest BCUT2D eigenvalue weighted by Gasteiger charge is -2.12. The number of hydrogen-bond acceptors (Lipinski definition) is 3. The van der Waals surface area contributed by atoms with Gasteiger partial charge in [-0.25, -0.2) is 9.37 Å². The molecular weight excluding hydrogens is 351 g/mol. The van der Waals surface area contributed by atoms with Crippen molar-refractivity contribution in [3.05, 3.63) is 83.9 Å². The zero-order valence-corrected chi connectivity index (χ0v) is 15.5. The maximum absolute atomic E-state index is 13.8. The Bertz CT molecular complexity index is 1350. The highest BCUT2D eigenvalue weighted by atomic mass is 19.1. The van der Waals surface area contributed by atoms with Crippen molar-refractivity contribution in [3.63, 3.8) is 0 Å². The smallest absolute Gasteiger partial charge is 0.227 e. The molecule has 3 heterocycles. The van der Waals surface area contributed by atoms with Crippen molar-refractivity contribution >= 4 is 22.1 Å². The van der Waals surface area contributed by atoms with Crippen LogP contribution in [0, 0.1) is 19.7 Å². The molecule has 0 aliphatic rings. The van der Waals surface area contributed by atoms with Crippen molar-refractivity contribution in [2.75, 3.05) is 0 Å². The lowest BCUT2D eigenvalue weighted by molar-refractivity contribution is 0.628. The van der Waals surface area contributed by atoms with Gasteiger partial charge in [-0.2, -0.15) is 0 Å². The van der Waals surface area contributed by atoms with Crippen molar-refractivity contribution in [1.82, 2.24) is 9.97 Å². The maximum Gasteiger partial charge on any atom is 0.227 e. The molecule has 0 atom stereocenters. The van der Waals surface area contributed by atoms with Gasteiger partial charge in [0.1, 0.15) is 11.4 Å². The number of aryl methyl sites for hydroxylation is 2. The van der Waals surface area contributed by atoms with E-state index in [2.05, 4.69) is 22.1 Å². The van der Waals surface area contributed by atoms with Gasteiger partial charge in [0.05, 0.1) is 5.69 Å². The third-order valence-corrected chi connectivity index (χ3v) is 5.03. The Balaban J connectivity index is 1.85. The van der Waals surface area contributed by atoms with Crippen LogP contribution < -0.4 is 0 Å². The fourth-order valence-corrected chi connectivity index (χ4v) is 3.70. The van der Waals surface area contributed by atoms with Crippen LogP contribution in [0.3, 0.4) is 0 Å². The lowest BCUT2D eigenvalue weighted by atomic mass is 9.95. The van der Waals surface area contributed by atoms with Crippen LogP contribution in [-0.2, 0) is 0 Å². The number of pyridine rings is 2. The molecule has 28 heavy (non-hydrogen) atoms. The van der Waals surface area contributed by atoms with E-state index in [1.807, 2.05) is 44.2 Å². The first-order valence-corrected chi connectivity index (χ1v) is 9.12. The predicted octanol–water partition coefficient (Wildman–Crippen LogP) is 6.47. The van der Waals surface area contributed by atoms with E-state index in [9.17, 15) is 4.39 Å². The van der Waals surface area contributed by atoms with Gasteiger partial charge in [-0.1, -0.05) is 30.3 Å². The van der Waals surface area contributed by atoms with Crippen LogP contribution in [0.15, 0.2) is 71.3 Å². The highest BCUT2D eigenvalue weighted by Gasteiger charge is 2.19. The Morgan fingerprint density at radius 2 is 1.75 bits per heavy atom. The zero-order chi connectivity index (χ0) is 19.3. The Morgan fingerprint density at radius 1 is 0.893 bits per heavy atom. The maximum atomic E-state index is 13.8. The second-order valence-electron chi connectivity index (χ2n) is 6.95. The van der Waals surface area contributed by atoms with Gasteiger partial charge in [-0.15, -0.1) is 0 Å². The third-order valence-electron chi connectivity index (χ3n) is 5.03. The van der Waals surface area contributed by atoms with Crippen LogP contribution in [0.4, 0.5) is 4.39 Å². The van der Waals surface area contributed by atoms with Gasteiger partial charge in [0.2, 0.25) is 5.71 Å². The molecule has 0 saturated carbocycles. The summed E-state index contributed by atoms with van der Waals surface area (Å²) in [4.78, 5) is 9.18. The summed E-state index contributed by atoms with van der Waals surface area (Å²) in [7, 11) is 0. The Kier molecular flexibility index (Phi) is 3.72. The lowest BCUT2D eigenvalue weighted by Crippen LogP contribution is -1.92. The van der Waals surface area contributed by atoms with E-state index < -0.39 is 0 Å². The minimum Gasteiger partial charge on any atom is -0.437 e. The number of furan rings is 1. The van der Waals surface area contributed by atoms with E-state index in [1.54, 1.807) is 12.3 Å². The minimum atomic E-state index is -0.273. The molecular formula is C24H17FN2O. The molecule has 0 radical (unpaired) electrons. The topological polar surface area (TPSA) is 38.9 Å². The Hall–Kier alpha value is -3.53. The fraction of sp³-hybridized carbons (Fsp3) is 0.0833. The summed E-state index contributed by atoms with van der Waals surface area (Å²) in [5.41, 5.74) is 6.64. The molecule has 0 spiro atoms. The number of fused-ring (bicyclic) bond motifs is 3. The van der Waals surface area contributed by atoms with Gasteiger partial charge < -0.3 is 4.42 Å². The number of halogens is 1. The van der Waals surface area contributed by atoms with Crippen LogP contribution in [-0.4, -0.2) is 9.97 Å². The first kappa shape index (κ1) is 16.6. The minimum absolute atomic E-state index is 0.273. The monoisotopic (exact) mass is 368 g/mol. The summed E-state index contributed by atoms with van der Waals surface area (Å²) in [6.07, 6.45) is 1.75. The van der Waals surface area contributed by atoms with Crippen LogP contribution in [0.1, 0.15) is 11.3 Å². The number of benzene rings is 2. The summed E-state index contributed by atoms with van der Waals surface area (Å²) in [5.74, 6) is -0.273. The Labute approximate surface area is 161 Å². The summed E-state index contributed by atoms with van der Waals surface area (Å²) in [6.45, 7) is 3.98. The molecule has 4 heteroatoms. The van der Waals surface area contributed by atoms with E-state index in [4.69, 9.17) is 4.42 Å². The van der Waals surface area contributed by atoms with Crippen LogP contribution in [0.25, 0.3) is 44.5 Å². The van der Waals surface area contributed by atoms with Gasteiger partial charge in [-0.05, 0) is 55.3 Å². The average Bonchev–Trinajstić information content (AvgIpc) is 3.05. The molecule has 0 N–H and O–H groups in total. The molecule has 136 valence electrons. The zero-order valence-electron chi connectivity index (χ0n) is 15.5. The van der Waals surface area contributed by atoms with Crippen molar-refractivity contribution in [2.45, 2.75) is 13.8 Å². The fourth-order valence-electron chi connectivity index (χ4n) is 3.70. The summed E-state index contributed by atoms with van der Waals surface area (Å²) in [6, 6.07) is 18.5. The van der Waals surface area contributed by atoms with E-state index in [1.165, 1.54) is 12.1 Å². The van der Waals surface area contributed by atoms with Crippen LogP contribution in [0.2, 0.25) is 0 Å². The molecule has 0 fully saturated rings. The highest BCUT2D eigenvalue weighted by Crippen LogP contribution is 2.40. The first-order chi connectivity index (χ1) is 13.6. The van der Waals surface area contributed by atoms with E-state index >= 15 is 0 Å². The number of nitrogens with zero attached hydrogens (tertiary/aromatic N) is 2. The van der Waals surface area contributed by atoms with Gasteiger partial charge in [-0.3, -0.25) is 4.98 Å². The molecule has 5 aromatic rings. The van der Waals surface area contributed by atoms with Crippen LogP contribution in [0.5, 0.6) is 0 Å².